The molecule has 0 aromatic heterocycles. The Bertz CT molecular complexity index is 462. The van der Waals surface area contributed by atoms with E-state index in [1.54, 1.807) is 0 Å². The van der Waals surface area contributed by atoms with Gasteiger partial charge in [-0.1, -0.05) is 12.1 Å². The number of rotatable bonds is 4. The summed E-state index contributed by atoms with van der Waals surface area (Å²) in [5.74, 6) is -0.284. The van der Waals surface area contributed by atoms with Gasteiger partial charge >= 0.3 is 5.97 Å². The maximum Gasteiger partial charge on any atom is 0.313 e. The molecule has 4 heteroatoms. The average molecular weight is 276 g/mol. The summed E-state index contributed by atoms with van der Waals surface area (Å²) in [7, 11) is 1.40. The summed E-state index contributed by atoms with van der Waals surface area (Å²) in [4.78, 5) is 14.2. The van der Waals surface area contributed by atoms with Crippen LogP contribution in [-0.4, -0.2) is 26.2 Å². The minimum absolute atomic E-state index is 0.284. The van der Waals surface area contributed by atoms with Crippen molar-refractivity contribution < 1.29 is 9.53 Å². The van der Waals surface area contributed by atoms with E-state index in [4.69, 9.17) is 10.5 Å². The topological polar surface area (TPSA) is 55.6 Å². The average Bonchev–Trinajstić information content (AvgIpc) is 2.99. The van der Waals surface area contributed by atoms with Crippen molar-refractivity contribution >= 4 is 11.7 Å². The quantitative estimate of drug-likeness (QED) is 0.858. The maximum atomic E-state index is 11.8. The fraction of sp³-hybridized carbons (Fsp3) is 0.562. The number of anilines is 1. The summed E-state index contributed by atoms with van der Waals surface area (Å²) < 4.78 is 4.84. The smallest absolute Gasteiger partial charge is 0.313 e. The number of carbonyl (C=O) groups is 1. The van der Waals surface area contributed by atoms with Gasteiger partial charge in [0.2, 0.25) is 0 Å². The highest BCUT2D eigenvalue weighted by atomic mass is 16.5. The summed E-state index contributed by atoms with van der Waals surface area (Å²) >= 11 is 0. The second-order valence-electron chi connectivity index (χ2n) is 5.98. The minimum atomic E-state index is -0.732. The molecule has 0 amide bonds. The van der Waals surface area contributed by atoms with Crippen LogP contribution in [0.5, 0.6) is 0 Å². The van der Waals surface area contributed by atoms with E-state index in [9.17, 15) is 4.79 Å². The fourth-order valence-corrected chi connectivity index (χ4v) is 2.67. The van der Waals surface area contributed by atoms with Gasteiger partial charge in [0, 0.05) is 24.8 Å². The molecule has 1 aliphatic rings. The molecule has 2 rings (SSSR count). The molecule has 0 aliphatic carbocycles. The summed E-state index contributed by atoms with van der Waals surface area (Å²) in [6, 6.07) is 7.84. The number of hydrogen-bond donors (Lipinski definition) is 1. The van der Waals surface area contributed by atoms with E-state index < -0.39 is 5.41 Å². The standard InChI is InChI=1S/C16H24N2O2/c1-16(2,15(19)20-3)14(17)12-6-8-13(9-7-12)18-10-4-5-11-18/h6-9,14H,4-5,10-11,17H2,1-3H3/t14-/m1/s1. The molecule has 1 aromatic carbocycles. The molecule has 2 N–H and O–H groups in total. The van der Waals surface area contributed by atoms with Crippen LogP contribution in [0.1, 0.15) is 38.3 Å². The molecule has 0 bridgehead atoms. The Morgan fingerprint density at radius 2 is 1.80 bits per heavy atom. The highest BCUT2D eigenvalue weighted by Gasteiger charge is 2.36. The number of nitrogens with zero attached hydrogens (tertiary/aromatic N) is 1. The van der Waals surface area contributed by atoms with Crippen molar-refractivity contribution in [1.29, 1.82) is 0 Å². The molecule has 0 radical (unpaired) electrons. The van der Waals surface area contributed by atoms with Crippen LogP contribution in [0.15, 0.2) is 24.3 Å². The lowest BCUT2D eigenvalue weighted by atomic mass is 9.81. The molecule has 0 spiro atoms. The number of carbonyl (C=O) groups excluding carboxylic acids is 1. The molecule has 1 saturated heterocycles. The van der Waals surface area contributed by atoms with Crippen LogP contribution in [0.4, 0.5) is 5.69 Å². The van der Waals surface area contributed by atoms with Crippen molar-refractivity contribution in [3.63, 3.8) is 0 Å². The van der Waals surface area contributed by atoms with Gasteiger partial charge in [0.15, 0.2) is 0 Å². The van der Waals surface area contributed by atoms with E-state index in [1.165, 1.54) is 25.6 Å². The molecule has 0 saturated carbocycles. The van der Waals surface area contributed by atoms with Gasteiger partial charge in [0.25, 0.3) is 0 Å². The van der Waals surface area contributed by atoms with Crippen LogP contribution in [0.25, 0.3) is 0 Å². The van der Waals surface area contributed by atoms with Crippen LogP contribution < -0.4 is 10.6 Å². The van der Waals surface area contributed by atoms with Crippen molar-refractivity contribution in [3.05, 3.63) is 29.8 Å². The first-order valence-corrected chi connectivity index (χ1v) is 7.15. The minimum Gasteiger partial charge on any atom is -0.469 e. The molecule has 1 aromatic rings. The lowest BCUT2D eigenvalue weighted by Crippen LogP contribution is -2.37. The Morgan fingerprint density at radius 1 is 1.25 bits per heavy atom. The molecule has 20 heavy (non-hydrogen) atoms. The SMILES string of the molecule is COC(=O)C(C)(C)[C@H](N)c1ccc(N2CCCC2)cc1. The van der Waals surface area contributed by atoms with Gasteiger partial charge in [-0.3, -0.25) is 4.79 Å². The van der Waals surface area contributed by atoms with Gasteiger partial charge in [0.1, 0.15) is 0 Å². The number of nitrogens with two attached hydrogens (primary N) is 1. The monoisotopic (exact) mass is 276 g/mol. The summed E-state index contributed by atoms with van der Waals surface area (Å²) in [6.07, 6.45) is 2.52. The lowest BCUT2D eigenvalue weighted by Gasteiger charge is -2.29. The first-order valence-electron chi connectivity index (χ1n) is 7.15. The fourth-order valence-electron chi connectivity index (χ4n) is 2.67. The second-order valence-corrected chi connectivity index (χ2v) is 5.98. The number of esters is 1. The molecule has 1 heterocycles. The zero-order chi connectivity index (χ0) is 14.8. The third kappa shape index (κ3) is 2.80. The van der Waals surface area contributed by atoms with Gasteiger partial charge in [-0.15, -0.1) is 0 Å². The molecular formula is C16H24N2O2. The summed E-state index contributed by atoms with van der Waals surface area (Å²) in [6.45, 7) is 5.88. The highest BCUT2D eigenvalue weighted by molar-refractivity contribution is 5.77. The number of methoxy groups -OCH3 is 1. The Balaban J connectivity index is 2.14. The van der Waals surface area contributed by atoms with Gasteiger partial charge in [0.05, 0.1) is 12.5 Å². The predicted octanol–water partition coefficient (Wildman–Crippen LogP) is 2.49. The van der Waals surface area contributed by atoms with Crippen molar-refractivity contribution in [2.24, 2.45) is 11.1 Å². The Labute approximate surface area is 120 Å². The van der Waals surface area contributed by atoms with Crippen LogP contribution in [0.2, 0.25) is 0 Å². The Hall–Kier alpha value is -1.55. The Kier molecular flexibility index (Phi) is 4.33. The number of ether oxygens (including phenoxy) is 1. The van der Waals surface area contributed by atoms with Crippen molar-refractivity contribution in [1.82, 2.24) is 0 Å². The first kappa shape index (κ1) is 14.9. The van der Waals surface area contributed by atoms with Crippen LogP contribution in [0, 0.1) is 5.41 Å². The molecular weight excluding hydrogens is 252 g/mol. The van der Waals surface area contributed by atoms with E-state index >= 15 is 0 Å². The summed E-state index contributed by atoms with van der Waals surface area (Å²) in [5.41, 5.74) is 7.70. The van der Waals surface area contributed by atoms with Gasteiger partial charge in [-0.25, -0.2) is 0 Å². The highest BCUT2D eigenvalue weighted by Crippen LogP contribution is 2.33. The summed E-state index contributed by atoms with van der Waals surface area (Å²) in [5, 5.41) is 0. The molecule has 1 atom stereocenters. The van der Waals surface area contributed by atoms with E-state index in [0.717, 1.165) is 18.7 Å². The lowest BCUT2D eigenvalue weighted by molar-refractivity contribution is -0.152. The first-order chi connectivity index (χ1) is 9.46. The molecule has 1 aliphatic heterocycles. The third-order valence-electron chi connectivity index (χ3n) is 4.21. The molecule has 110 valence electrons. The van der Waals surface area contributed by atoms with Crippen LogP contribution in [0.3, 0.4) is 0 Å². The molecule has 1 fully saturated rings. The van der Waals surface area contributed by atoms with E-state index in [-0.39, 0.29) is 12.0 Å². The van der Waals surface area contributed by atoms with Gasteiger partial charge in [-0.05, 0) is 44.4 Å². The maximum absolute atomic E-state index is 11.8. The predicted molar refractivity (Wildman–Crippen MR) is 80.6 cm³/mol. The van der Waals surface area contributed by atoms with E-state index in [1.807, 2.05) is 26.0 Å². The zero-order valence-corrected chi connectivity index (χ0v) is 12.6. The van der Waals surface area contributed by atoms with Crippen LogP contribution in [-0.2, 0) is 9.53 Å². The molecule has 0 unspecified atom stereocenters. The third-order valence-corrected chi connectivity index (χ3v) is 4.21. The molecule has 4 nitrogen and oxygen atoms in total. The van der Waals surface area contributed by atoms with E-state index in [0.29, 0.717) is 0 Å². The zero-order valence-electron chi connectivity index (χ0n) is 12.6. The van der Waals surface area contributed by atoms with Gasteiger partial charge < -0.3 is 15.4 Å². The normalized spacial score (nSPS) is 17.1. The van der Waals surface area contributed by atoms with Crippen LogP contribution >= 0.6 is 0 Å². The number of hydrogen-bond acceptors (Lipinski definition) is 4. The van der Waals surface area contributed by atoms with Crippen molar-refractivity contribution in [3.8, 4) is 0 Å². The van der Waals surface area contributed by atoms with Crippen molar-refractivity contribution in [2.45, 2.75) is 32.7 Å². The van der Waals surface area contributed by atoms with E-state index in [2.05, 4.69) is 17.0 Å². The second kappa shape index (κ2) is 5.83. The van der Waals surface area contributed by atoms with Crippen molar-refractivity contribution in [2.75, 3.05) is 25.1 Å². The largest absolute Gasteiger partial charge is 0.469 e. The van der Waals surface area contributed by atoms with Gasteiger partial charge in [-0.2, -0.15) is 0 Å². The Morgan fingerprint density at radius 3 is 2.30 bits per heavy atom. The number of benzene rings is 1.